The van der Waals surface area contributed by atoms with Gasteiger partial charge in [-0.3, -0.25) is 18.4 Å². The van der Waals surface area contributed by atoms with E-state index in [2.05, 4.69) is 9.97 Å². The van der Waals surface area contributed by atoms with Gasteiger partial charge in [-0.05, 0) is 27.9 Å². The molecule has 3 rings (SSSR count). The Kier molecular flexibility index (Phi) is 7.81. The Labute approximate surface area is 194 Å². The van der Waals surface area contributed by atoms with Crippen molar-refractivity contribution < 1.29 is 33.4 Å². The highest BCUT2D eigenvalue weighted by Crippen LogP contribution is 2.51. The number of aromatic nitrogens is 4. The van der Waals surface area contributed by atoms with Crippen molar-refractivity contribution in [2.45, 2.75) is 44.8 Å². The first-order valence-electron chi connectivity index (χ1n) is 10.1. The minimum absolute atomic E-state index is 0.0112. The fourth-order valence-corrected chi connectivity index (χ4v) is 5.13. The van der Waals surface area contributed by atoms with Crippen LogP contribution < -0.4 is 5.69 Å². The number of aliphatic hydroxyl groups excluding tert-OH is 1. The second-order valence-electron chi connectivity index (χ2n) is 7.91. The van der Waals surface area contributed by atoms with Crippen LogP contribution in [-0.4, -0.2) is 89.8 Å². The lowest BCUT2D eigenvalue weighted by atomic mass is 9.97. The van der Waals surface area contributed by atoms with E-state index >= 15 is 0 Å². The molecule has 0 bridgehead atoms. The van der Waals surface area contributed by atoms with Crippen LogP contribution in [0.4, 0.5) is 0 Å². The Morgan fingerprint density at radius 3 is 2.70 bits per heavy atom. The minimum atomic E-state index is -3.74. The van der Waals surface area contributed by atoms with Gasteiger partial charge in [-0.1, -0.05) is 11.8 Å². The number of carbonyl (C=O) groups excluding carboxylic acids is 1. The smallest absolute Gasteiger partial charge is 0.387 e. The van der Waals surface area contributed by atoms with Crippen LogP contribution in [0.5, 0.6) is 0 Å². The van der Waals surface area contributed by atoms with Crippen LogP contribution in [0.1, 0.15) is 25.9 Å². The van der Waals surface area contributed by atoms with E-state index in [-0.39, 0.29) is 29.9 Å². The van der Waals surface area contributed by atoms with Gasteiger partial charge in [0, 0.05) is 25.1 Å². The number of fused-ring (bicyclic) bond motifs is 1. The van der Waals surface area contributed by atoms with Crippen molar-refractivity contribution in [3.8, 4) is 0 Å². The number of aryl methyl sites for hydroxylation is 1. The van der Waals surface area contributed by atoms with Crippen LogP contribution >= 0.6 is 19.5 Å². The lowest BCUT2D eigenvalue weighted by molar-refractivity contribution is -0.109. The number of imidazole rings is 1. The summed E-state index contributed by atoms with van der Waals surface area (Å²) in [6, 6.07) is 0. The van der Waals surface area contributed by atoms with E-state index in [9.17, 15) is 24.4 Å². The number of carbonyl (C=O) groups is 1. The van der Waals surface area contributed by atoms with Crippen molar-refractivity contribution >= 4 is 30.4 Å². The normalized spacial score (nSPS) is 27.3. The van der Waals surface area contributed by atoms with E-state index in [1.54, 1.807) is 6.92 Å². The summed E-state index contributed by atoms with van der Waals surface area (Å²) in [5.41, 5.74) is -2.33. The fourth-order valence-electron chi connectivity index (χ4n) is 3.35. The third kappa shape index (κ3) is 5.38. The van der Waals surface area contributed by atoms with Gasteiger partial charge >= 0.3 is 13.4 Å². The summed E-state index contributed by atoms with van der Waals surface area (Å²) in [6.07, 6.45) is -0.680. The molecule has 0 aromatic carbocycles. The Morgan fingerprint density at radius 2 is 2.06 bits per heavy atom. The maximum absolute atomic E-state index is 13.1. The summed E-state index contributed by atoms with van der Waals surface area (Å²) < 4.78 is 33.7. The Balaban J connectivity index is 1.76. The Hall–Kier alpha value is -1.64. The van der Waals surface area contributed by atoms with Crippen LogP contribution in [0, 0.1) is 6.92 Å². The maximum atomic E-state index is 13.1. The SMILES string of the molecule is CC(=O)SCCOP(=O)(OC[C@H]1O[C@@H](n2ccn3c(=O)nc(C)nc23)[C@@](C)(O)C1O)N(C)C. The third-order valence-corrected chi connectivity index (χ3v) is 7.83. The summed E-state index contributed by atoms with van der Waals surface area (Å²) in [7, 11) is -0.722. The zero-order chi connectivity index (χ0) is 24.6. The van der Waals surface area contributed by atoms with Crippen LogP contribution in [0.2, 0.25) is 0 Å². The van der Waals surface area contributed by atoms with E-state index in [1.165, 1.54) is 54.0 Å². The number of aliphatic hydroxyl groups is 2. The quantitative estimate of drug-likeness (QED) is 0.353. The molecule has 1 saturated heterocycles. The monoisotopic (exact) mass is 505 g/mol. The molecule has 0 aliphatic carbocycles. The number of ether oxygens (including phenoxy) is 1. The Bertz CT molecular complexity index is 1120. The molecule has 33 heavy (non-hydrogen) atoms. The first kappa shape index (κ1) is 26.0. The zero-order valence-corrected chi connectivity index (χ0v) is 20.7. The van der Waals surface area contributed by atoms with Gasteiger partial charge in [0.15, 0.2) is 11.3 Å². The van der Waals surface area contributed by atoms with E-state index in [0.717, 1.165) is 11.8 Å². The summed E-state index contributed by atoms with van der Waals surface area (Å²) in [5, 5.41) is 21.6. The highest BCUT2D eigenvalue weighted by atomic mass is 32.2. The van der Waals surface area contributed by atoms with Crippen molar-refractivity contribution in [1.29, 1.82) is 0 Å². The highest BCUT2D eigenvalue weighted by Gasteiger charge is 2.54. The van der Waals surface area contributed by atoms with E-state index < -0.39 is 37.5 Å². The lowest BCUT2D eigenvalue weighted by Gasteiger charge is -2.27. The largest absolute Gasteiger partial charge is 0.407 e. The second kappa shape index (κ2) is 9.92. The van der Waals surface area contributed by atoms with Gasteiger partial charge in [0.05, 0.1) is 13.2 Å². The molecule has 2 unspecified atom stereocenters. The molecule has 15 heteroatoms. The topological polar surface area (TPSA) is 158 Å². The first-order valence-corrected chi connectivity index (χ1v) is 12.5. The number of nitrogens with zero attached hydrogens (tertiary/aromatic N) is 5. The molecule has 3 heterocycles. The number of hydrogen-bond acceptors (Lipinski definition) is 11. The average Bonchev–Trinajstić information content (AvgIpc) is 3.22. The molecule has 2 aromatic heterocycles. The average molecular weight is 505 g/mol. The first-order chi connectivity index (χ1) is 15.4. The van der Waals surface area contributed by atoms with Gasteiger partial charge in [-0.15, -0.1) is 0 Å². The number of rotatable bonds is 9. The predicted molar refractivity (Wildman–Crippen MR) is 119 cm³/mol. The molecule has 13 nitrogen and oxygen atoms in total. The van der Waals surface area contributed by atoms with Gasteiger partial charge in [-0.2, -0.15) is 9.97 Å². The van der Waals surface area contributed by atoms with E-state index in [0.29, 0.717) is 5.75 Å². The molecular weight excluding hydrogens is 477 g/mol. The standard InChI is InChI=1S/C18H28N5O8PS/c1-11-19-16-22(6-7-23(16)17(26)20-11)15-18(3,27)14(25)13(31-15)10-30-32(28,21(4)5)29-8-9-33-12(2)24/h6-7,13-15,25,27H,8-10H2,1-5H3/t13-,14?,15-,18+,32?/m1/s1. The summed E-state index contributed by atoms with van der Waals surface area (Å²) in [6.45, 7) is 4.02. The van der Waals surface area contributed by atoms with Crippen molar-refractivity contribution in [2.24, 2.45) is 0 Å². The van der Waals surface area contributed by atoms with Crippen LogP contribution in [-0.2, 0) is 23.1 Å². The lowest BCUT2D eigenvalue weighted by Crippen LogP contribution is -2.44. The van der Waals surface area contributed by atoms with Crippen LogP contribution in [0.25, 0.3) is 5.78 Å². The molecule has 0 saturated carbocycles. The molecule has 1 aliphatic heterocycles. The molecule has 5 atom stereocenters. The molecule has 2 aromatic rings. The third-order valence-electron chi connectivity index (χ3n) is 5.09. The predicted octanol–water partition coefficient (Wildman–Crippen LogP) is 0.191. The van der Waals surface area contributed by atoms with Gasteiger partial charge in [0.1, 0.15) is 23.6 Å². The van der Waals surface area contributed by atoms with Crippen LogP contribution in [0.3, 0.4) is 0 Å². The molecule has 1 aliphatic rings. The molecule has 0 amide bonds. The Morgan fingerprint density at radius 1 is 1.36 bits per heavy atom. The number of hydrogen-bond donors (Lipinski definition) is 2. The van der Waals surface area contributed by atoms with Gasteiger partial charge in [0.2, 0.25) is 5.78 Å². The molecular formula is C18H28N5O8PS. The zero-order valence-electron chi connectivity index (χ0n) is 18.9. The van der Waals surface area contributed by atoms with Gasteiger partial charge in [-0.25, -0.2) is 18.4 Å². The van der Waals surface area contributed by atoms with Crippen LogP contribution in [0.15, 0.2) is 17.2 Å². The van der Waals surface area contributed by atoms with Crippen molar-refractivity contribution in [3.05, 3.63) is 28.7 Å². The van der Waals surface area contributed by atoms with Gasteiger partial charge in [0.25, 0.3) is 0 Å². The molecule has 1 fully saturated rings. The molecule has 184 valence electrons. The van der Waals surface area contributed by atoms with E-state index in [1.807, 2.05) is 0 Å². The van der Waals surface area contributed by atoms with Crippen molar-refractivity contribution in [3.63, 3.8) is 0 Å². The maximum Gasteiger partial charge on any atom is 0.407 e. The summed E-state index contributed by atoms with van der Waals surface area (Å²) in [5.74, 6) is 0.721. The van der Waals surface area contributed by atoms with Gasteiger partial charge < -0.3 is 14.9 Å². The summed E-state index contributed by atoms with van der Waals surface area (Å²) >= 11 is 1.03. The van der Waals surface area contributed by atoms with Crippen molar-refractivity contribution in [2.75, 3.05) is 33.1 Å². The second-order valence-corrected chi connectivity index (χ2v) is 11.4. The number of thioether (sulfide) groups is 1. The molecule has 0 spiro atoms. The fraction of sp³-hybridized carbons (Fsp3) is 0.667. The highest BCUT2D eigenvalue weighted by molar-refractivity contribution is 8.13. The summed E-state index contributed by atoms with van der Waals surface area (Å²) in [4.78, 5) is 31.1. The van der Waals surface area contributed by atoms with E-state index in [4.69, 9.17) is 13.8 Å². The molecule has 0 radical (unpaired) electrons. The minimum Gasteiger partial charge on any atom is -0.387 e. The molecule has 2 N–H and O–H groups in total. The van der Waals surface area contributed by atoms with Crippen molar-refractivity contribution in [1.82, 2.24) is 23.6 Å².